The minimum atomic E-state index is -0.635. The van der Waals surface area contributed by atoms with Gasteiger partial charge in [0.1, 0.15) is 12.4 Å². The molecule has 0 fully saturated rings. The lowest BCUT2D eigenvalue weighted by Crippen LogP contribution is -2.12. The van der Waals surface area contributed by atoms with Crippen molar-refractivity contribution in [2.45, 2.75) is 13.6 Å². The number of nitrogen functional groups attached to an aromatic ring is 1. The fourth-order valence-corrected chi connectivity index (χ4v) is 2.62. The van der Waals surface area contributed by atoms with Gasteiger partial charge in [-0.3, -0.25) is 4.79 Å². The molecule has 0 saturated heterocycles. The smallest absolute Gasteiger partial charge is 0.255 e. The number of aryl methyl sites for hydroxylation is 1. The molecular formula is C19H19FN4O2. The van der Waals surface area contributed by atoms with Crippen LogP contribution in [0.5, 0.6) is 5.75 Å². The number of methoxy groups -OCH3 is 1. The van der Waals surface area contributed by atoms with Crippen molar-refractivity contribution >= 4 is 17.3 Å². The zero-order valence-corrected chi connectivity index (χ0v) is 14.5. The Bertz CT molecular complexity index is 935. The van der Waals surface area contributed by atoms with Gasteiger partial charge in [-0.15, -0.1) is 0 Å². The van der Waals surface area contributed by atoms with E-state index in [0.29, 0.717) is 34.1 Å². The number of alkyl halides is 1. The standard InChI is InChI=1S/C19H19FN4O2/c1-12-9-15(11-20)23-24(12)18-8-5-14(10-17(18)21)22-19(25)13-3-6-16(26-2)7-4-13/h3-10H,11,21H2,1-2H3,(H,22,25). The minimum absolute atomic E-state index is 0.255. The Kier molecular flexibility index (Phi) is 4.88. The molecule has 7 heteroatoms. The van der Waals surface area contributed by atoms with E-state index < -0.39 is 6.67 Å². The van der Waals surface area contributed by atoms with Crippen LogP contribution in [-0.2, 0) is 6.67 Å². The lowest BCUT2D eigenvalue weighted by atomic mass is 10.2. The maximum absolute atomic E-state index is 12.8. The van der Waals surface area contributed by atoms with Gasteiger partial charge in [-0.05, 0) is 55.5 Å². The molecule has 6 nitrogen and oxygen atoms in total. The van der Waals surface area contributed by atoms with Crippen LogP contribution in [0.2, 0.25) is 0 Å². The maximum Gasteiger partial charge on any atom is 0.255 e. The normalized spacial score (nSPS) is 10.6. The van der Waals surface area contributed by atoms with Gasteiger partial charge >= 0.3 is 0 Å². The Balaban J connectivity index is 1.80. The molecule has 26 heavy (non-hydrogen) atoms. The molecule has 0 bridgehead atoms. The van der Waals surface area contributed by atoms with Crippen molar-refractivity contribution in [3.05, 3.63) is 65.5 Å². The van der Waals surface area contributed by atoms with E-state index in [9.17, 15) is 9.18 Å². The number of halogens is 1. The molecule has 0 saturated carbocycles. The highest BCUT2D eigenvalue weighted by Gasteiger charge is 2.11. The number of anilines is 2. The van der Waals surface area contributed by atoms with Crippen molar-refractivity contribution in [2.24, 2.45) is 0 Å². The predicted molar refractivity (Wildman–Crippen MR) is 98.5 cm³/mol. The zero-order chi connectivity index (χ0) is 18.7. The number of carbonyl (C=O) groups is 1. The first-order valence-electron chi connectivity index (χ1n) is 7.98. The van der Waals surface area contributed by atoms with Crippen LogP contribution < -0.4 is 15.8 Å². The molecular weight excluding hydrogens is 335 g/mol. The SMILES string of the molecule is COc1ccc(C(=O)Nc2ccc(-n3nc(CF)cc3C)c(N)c2)cc1. The van der Waals surface area contributed by atoms with Crippen molar-refractivity contribution in [3.63, 3.8) is 0 Å². The van der Waals surface area contributed by atoms with Crippen molar-refractivity contribution in [1.29, 1.82) is 0 Å². The van der Waals surface area contributed by atoms with Crippen LogP contribution in [0.25, 0.3) is 5.69 Å². The molecule has 3 rings (SSSR count). The van der Waals surface area contributed by atoms with Gasteiger partial charge in [-0.2, -0.15) is 5.10 Å². The number of nitrogens with zero attached hydrogens (tertiary/aromatic N) is 2. The van der Waals surface area contributed by atoms with E-state index in [1.165, 1.54) is 0 Å². The fourth-order valence-electron chi connectivity index (χ4n) is 2.62. The summed E-state index contributed by atoms with van der Waals surface area (Å²) >= 11 is 0. The van der Waals surface area contributed by atoms with E-state index in [-0.39, 0.29) is 5.91 Å². The lowest BCUT2D eigenvalue weighted by molar-refractivity contribution is 0.102. The average molecular weight is 354 g/mol. The van der Waals surface area contributed by atoms with Crippen molar-refractivity contribution < 1.29 is 13.9 Å². The number of amides is 1. The van der Waals surface area contributed by atoms with Gasteiger partial charge in [0.05, 0.1) is 24.2 Å². The number of hydrogen-bond donors (Lipinski definition) is 2. The van der Waals surface area contributed by atoms with Gasteiger partial charge in [0.15, 0.2) is 0 Å². The summed E-state index contributed by atoms with van der Waals surface area (Å²) in [6, 6.07) is 13.6. The van der Waals surface area contributed by atoms with Crippen LogP contribution >= 0.6 is 0 Å². The lowest BCUT2D eigenvalue weighted by Gasteiger charge is -2.11. The van der Waals surface area contributed by atoms with Crippen LogP contribution in [0, 0.1) is 6.92 Å². The molecule has 0 aliphatic carbocycles. The number of hydrogen-bond acceptors (Lipinski definition) is 4. The molecule has 2 aromatic carbocycles. The van der Waals surface area contributed by atoms with Crippen LogP contribution in [-0.4, -0.2) is 22.8 Å². The van der Waals surface area contributed by atoms with Gasteiger partial charge in [-0.1, -0.05) is 0 Å². The molecule has 3 N–H and O–H groups in total. The van der Waals surface area contributed by atoms with Crippen LogP contribution in [0.3, 0.4) is 0 Å². The maximum atomic E-state index is 12.8. The van der Waals surface area contributed by atoms with E-state index >= 15 is 0 Å². The summed E-state index contributed by atoms with van der Waals surface area (Å²) in [5.41, 5.74) is 9.34. The van der Waals surface area contributed by atoms with Crippen molar-refractivity contribution in [1.82, 2.24) is 9.78 Å². The second-order valence-electron chi connectivity index (χ2n) is 5.78. The van der Waals surface area contributed by atoms with E-state index in [0.717, 1.165) is 5.69 Å². The number of nitrogens with two attached hydrogens (primary N) is 1. The van der Waals surface area contributed by atoms with Crippen molar-refractivity contribution in [3.8, 4) is 11.4 Å². The highest BCUT2D eigenvalue weighted by Crippen LogP contribution is 2.24. The number of carbonyl (C=O) groups excluding carboxylic acids is 1. The van der Waals surface area contributed by atoms with Gasteiger partial charge in [-0.25, -0.2) is 9.07 Å². The van der Waals surface area contributed by atoms with Crippen LogP contribution in [0.15, 0.2) is 48.5 Å². The molecule has 134 valence electrons. The summed E-state index contributed by atoms with van der Waals surface area (Å²) in [5, 5.41) is 6.97. The first-order chi connectivity index (χ1) is 12.5. The quantitative estimate of drug-likeness (QED) is 0.687. The first kappa shape index (κ1) is 17.5. The number of benzene rings is 2. The summed E-state index contributed by atoms with van der Waals surface area (Å²) in [7, 11) is 1.57. The number of aromatic nitrogens is 2. The van der Waals surface area contributed by atoms with E-state index in [2.05, 4.69) is 10.4 Å². The summed E-state index contributed by atoms with van der Waals surface area (Å²) < 4.78 is 19.4. The van der Waals surface area contributed by atoms with Crippen LogP contribution in [0.1, 0.15) is 21.7 Å². The van der Waals surface area contributed by atoms with Gasteiger partial charge in [0.2, 0.25) is 0 Å². The highest BCUT2D eigenvalue weighted by molar-refractivity contribution is 6.04. The van der Waals surface area contributed by atoms with Crippen molar-refractivity contribution in [2.75, 3.05) is 18.2 Å². The molecule has 3 aromatic rings. The summed E-state index contributed by atoms with van der Waals surface area (Å²) in [4.78, 5) is 12.3. The fraction of sp³-hybridized carbons (Fsp3) is 0.158. The molecule has 1 amide bonds. The third kappa shape index (κ3) is 3.51. The number of ether oxygens (including phenoxy) is 1. The predicted octanol–water partition coefficient (Wildman–Crippen LogP) is 3.49. The van der Waals surface area contributed by atoms with E-state index in [4.69, 9.17) is 10.5 Å². The Morgan fingerprint density at radius 1 is 1.23 bits per heavy atom. The molecule has 0 unspecified atom stereocenters. The largest absolute Gasteiger partial charge is 0.497 e. The molecule has 0 atom stereocenters. The van der Waals surface area contributed by atoms with Gasteiger partial charge in [0.25, 0.3) is 5.91 Å². The second kappa shape index (κ2) is 7.26. The second-order valence-corrected chi connectivity index (χ2v) is 5.78. The monoisotopic (exact) mass is 354 g/mol. The third-order valence-corrected chi connectivity index (χ3v) is 3.94. The Labute approximate surface area is 150 Å². The molecule has 0 spiro atoms. The number of rotatable bonds is 5. The zero-order valence-electron chi connectivity index (χ0n) is 14.5. The van der Waals surface area contributed by atoms with Crippen LogP contribution in [0.4, 0.5) is 15.8 Å². The molecule has 1 aromatic heterocycles. The Hall–Kier alpha value is -3.35. The molecule has 1 heterocycles. The molecule has 0 aliphatic heterocycles. The third-order valence-electron chi connectivity index (χ3n) is 3.94. The van der Waals surface area contributed by atoms with E-state index in [1.807, 2.05) is 6.92 Å². The van der Waals surface area contributed by atoms with Gasteiger partial charge in [0, 0.05) is 16.9 Å². The topological polar surface area (TPSA) is 82.2 Å². The number of nitrogens with one attached hydrogen (secondary N) is 1. The first-order valence-corrected chi connectivity index (χ1v) is 7.98. The van der Waals surface area contributed by atoms with Gasteiger partial charge < -0.3 is 15.8 Å². The molecule has 0 radical (unpaired) electrons. The Morgan fingerprint density at radius 3 is 2.54 bits per heavy atom. The highest BCUT2D eigenvalue weighted by atomic mass is 19.1. The van der Waals surface area contributed by atoms with E-state index in [1.54, 1.807) is 60.3 Å². The summed E-state index contributed by atoms with van der Waals surface area (Å²) in [5.74, 6) is 0.423. The Morgan fingerprint density at radius 2 is 1.96 bits per heavy atom. The summed E-state index contributed by atoms with van der Waals surface area (Å²) in [6.07, 6.45) is 0. The summed E-state index contributed by atoms with van der Waals surface area (Å²) in [6.45, 7) is 1.19. The minimum Gasteiger partial charge on any atom is -0.497 e. The molecule has 0 aliphatic rings. The average Bonchev–Trinajstić information content (AvgIpc) is 3.02.